The van der Waals surface area contributed by atoms with Crippen molar-refractivity contribution in [2.45, 2.75) is 18.9 Å². The summed E-state index contributed by atoms with van der Waals surface area (Å²) in [6.07, 6.45) is 0.796. The van der Waals surface area contributed by atoms with Gasteiger partial charge in [0.15, 0.2) is 0 Å². The molecule has 7 nitrogen and oxygen atoms in total. The number of carboxylic acids is 1. The van der Waals surface area contributed by atoms with Crippen LogP contribution in [-0.4, -0.2) is 67.5 Å². The van der Waals surface area contributed by atoms with E-state index in [1.165, 1.54) is 15.7 Å². The first-order valence-corrected chi connectivity index (χ1v) is 7.36. The van der Waals surface area contributed by atoms with Crippen LogP contribution in [0.5, 0.6) is 0 Å². The van der Waals surface area contributed by atoms with Gasteiger partial charge in [0.1, 0.15) is 0 Å². The van der Waals surface area contributed by atoms with Crippen LogP contribution in [0.3, 0.4) is 0 Å². The molecule has 1 saturated carbocycles. The first-order valence-electron chi connectivity index (χ1n) is 5.96. The number of rotatable bonds is 4. The third-order valence-electron chi connectivity index (χ3n) is 3.64. The Kier molecular flexibility index (Phi) is 3.90. The number of aliphatic carboxylic acids is 1. The molecule has 0 spiro atoms. The summed E-state index contributed by atoms with van der Waals surface area (Å²) in [5.41, 5.74) is 0. The Morgan fingerprint density at radius 1 is 1.33 bits per heavy atom. The van der Waals surface area contributed by atoms with E-state index in [1.807, 2.05) is 0 Å². The summed E-state index contributed by atoms with van der Waals surface area (Å²) in [5, 5.41) is 8.79. The SMILES string of the molecule is CN(C1CC(C(=O)O)C1)S(=O)(=O)N1CCOCC1. The lowest BCUT2D eigenvalue weighted by Gasteiger charge is -2.40. The zero-order valence-corrected chi connectivity index (χ0v) is 11.1. The number of carboxylic acid groups (broad SMARTS) is 1. The Morgan fingerprint density at radius 3 is 2.39 bits per heavy atom. The molecule has 1 aliphatic carbocycles. The summed E-state index contributed by atoms with van der Waals surface area (Å²) in [7, 11) is -1.96. The molecule has 0 radical (unpaired) electrons. The van der Waals surface area contributed by atoms with Crippen molar-refractivity contribution in [3.63, 3.8) is 0 Å². The van der Waals surface area contributed by atoms with E-state index in [-0.39, 0.29) is 6.04 Å². The minimum atomic E-state index is -3.48. The third-order valence-corrected chi connectivity index (χ3v) is 5.68. The molecule has 0 aromatic heterocycles. The van der Waals surface area contributed by atoms with Gasteiger partial charge < -0.3 is 9.84 Å². The second-order valence-electron chi connectivity index (χ2n) is 4.70. The molecule has 18 heavy (non-hydrogen) atoms. The van der Waals surface area contributed by atoms with Crippen molar-refractivity contribution in [2.75, 3.05) is 33.4 Å². The lowest BCUT2D eigenvalue weighted by atomic mass is 9.80. The van der Waals surface area contributed by atoms with Crippen LogP contribution in [0.2, 0.25) is 0 Å². The second-order valence-corrected chi connectivity index (χ2v) is 6.68. The Bertz CT molecular complexity index is 412. The van der Waals surface area contributed by atoms with Gasteiger partial charge in [-0.25, -0.2) is 0 Å². The average molecular weight is 278 g/mol. The molecule has 0 unspecified atom stereocenters. The summed E-state index contributed by atoms with van der Waals surface area (Å²) < 4.78 is 32.3. The lowest BCUT2D eigenvalue weighted by molar-refractivity contribution is -0.146. The summed E-state index contributed by atoms with van der Waals surface area (Å²) in [6, 6.07) is -0.195. The summed E-state index contributed by atoms with van der Waals surface area (Å²) in [6.45, 7) is 1.55. The van der Waals surface area contributed by atoms with Gasteiger partial charge >= 0.3 is 5.97 Å². The number of hydrogen-bond donors (Lipinski definition) is 1. The maximum Gasteiger partial charge on any atom is 0.306 e. The van der Waals surface area contributed by atoms with Crippen molar-refractivity contribution in [1.29, 1.82) is 0 Å². The molecule has 2 rings (SSSR count). The van der Waals surface area contributed by atoms with Crippen LogP contribution in [0, 0.1) is 5.92 Å². The highest BCUT2D eigenvalue weighted by molar-refractivity contribution is 7.86. The largest absolute Gasteiger partial charge is 0.481 e. The van der Waals surface area contributed by atoms with Crippen molar-refractivity contribution in [2.24, 2.45) is 5.92 Å². The molecule has 104 valence electrons. The van der Waals surface area contributed by atoms with Gasteiger partial charge in [-0.15, -0.1) is 0 Å². The fraction of sp³-hybridized carbons (Fsp3) is 0.900. The highest BCUT2D eigenvalue weighted by Crippen LogP contribution is 2.33. The van der Waals surface area contributed by atoms with Crippen LogP contribution in [0.4, 0.5) is 0 Å². The van der Waals surface area contributed by atoms with E-state index in [0.717, 1.165) is 0 Å². The average Bonchev–Trinajstić information content (AvgIpc) is 2.27. The van der Waals surface area contributed by atoms with E-state index < -0.39 is 22.1 Å². The molecular formula is C10H18N2O5S. The number of hydrogen-bond acceptors (Lipinski definition) is 4. The van der Waals surface area contributed by atoms with E-state index >= 15 is 0 Å². The van der Waals surface area contributed by atoms with Crippen LogP contribution < -0.4 is 0 Å². The fourth-order valence-electron chi connectivity index (χ4n) is 2.23. The van der Waals surface area contributed by atoms with E-state index in [9.17, 15) is 13.2 Å². The van der Waals surface area contributed by atoms with Gasteiger partial charge in [0.05, 0.1) is 19.1 Å². The van der Waals surface area contributed by atoms with Crippen LogP contribution >= 0.6 is 0 Å². The van der Waals surface area contributed by atoms with Crippen LogP contribution in [-0.2, 0) is 19.7 Å². The third kappa shape index (κ3) is 2.51. The van der Waals surface area contributed by atoms with Crippen molar-refractivity contribution in [3.8, 4) is 0 Å². The first-order chi connectivity index (χ1) is 8.43. The minimum Gasteiger partial charge on any atom is -0.481 e. The van der Waals surface area contributed by atoms with Gasteiger partial charge in [-0.05, 0) is 12.8 Å². The Labute approximate surface area is 106 Å². The lowest BCUT2D eigenvalue weighted by Crippen LogP contribution is -2.54. The molecule has 0 aromatic rings. The van der Waals surface area contributed by atoms with Crippen molar-refractivity contribution in [3.05, 3.63) is 0 Å². The van der Waals surface area contributed by atoms with E-state index in [4.69, 9.17) is 9.84 Å². The van der Waals surface area contributed by atoms with Gasteiger partial charge in [0, 0.05) is 26.2 Å². The van der Waals surface area contributed by atoms with Crippen LogP contribution in [0.25, 0.3) is 0 Å². The number of ether oxygens (including phenoxy) is 1. The maximum absolute atomic E-state index is 12.2. The van der Waals surface area contributed by atoms with Crippen molar-refractivity contribution < 1.29 is 23.1 Å². The molecule has 1 heterocycles. The number of morpholine rings is 1. The Morgan fingerprint density at radius 2 is 1.89 bits per heavy atom. The van der Waals surface area contributed by atoms with Crippen LogP contribution in [0.1, 0.15) is 12.8 Å². The maximum atomic E-state index is 12.2. The second kappa shape index (κ2) is 5.12. The Balaban J connectivity index is 1.96. The molecule has 1 aliphatic heterocycles. The molecule has 0 aromatic carbocycles. The van der Waals surface area contributed by atoms with Gasteiger partial charge in [0.2, 0.25) is 0 Å². The zero-order valence-electron chi connectivity index (χ0n) is 10.3. The summed E-state index contributed by atoms with van der Waals surface area (Å²) in [5.74, 6) is -1.25. The standard InChI is InChI=1S/C10H18N2O5S/c1-11(9-6-8(7-9)10(13)14)18(15,16)12-2-4-17-5-3-12/h8-9H,2-7H2,1H3,(H,13,14). The summed E-state index contributed by atoms with van der Waals surface area (Å²) >= 11 is 0. The van der Waals surface area contributed by atoms with Gasteiger partial charge in [-0.2, -0.15) is 17.0 Å². The molecule has 2 fully saturated rings. The van der Waals surface area contributed by atoms with Gasteiger partial charge in [-0.3, -0.25) is 4.79 Å². The topological polar surface area (TPSA) is 87.2 Å². The molecular weight excluding hydrogens is 260 g/mol. The smallest absolute Gasteiger partial charge is 0.306 e. The normalized spacial score (nSPS) is 30.1. The van der Waals surface area contributed by atoms with Crippen molar-refractivity contribution >= 4 is 16.2 Å². The number of carbonyl (C=O) groups is 1. The minimum absolute atomic E-state index is 0.195. The predicted octanol–water partition coefficient (Wildman–Crippen LogP) is -0.642. The molecule has 8 heteroatoms. The quantitative estimate of drug-likeness (QED) is 0.739. The highest BCUT2D eigenvalue weighted by atomic mass is 32.2. The molecule has 0 bridgehead atoms. The van der Waals surface area contributed by atoms with E-state index in [1.54, 1.807) is 0 Å². The number of nitrogens with zero attached hydrogens (tertiary/aromatic N) is 2. The van der Waals surface area contributed by atoms with E-state index in [0.29, 0.717) is 39.1 Å². The van der Waals surface area contributed by atoms with Gasteiger partial charge in [-0.1, -0.05) is 0 Å². The molecule has 0 atom stereocenters. The first kappa shape index (κ1) is 13.7. The zero-order chi connectivity index (χ0) is 13.3. The molecule has 0 amide bonds. The monoisotopic (exact) mass is 278 g/mol. The predicted molar refractivity (Wildman–Crippen MR) is 63.2 cm³/mol. The van der Waals surface area contributed by atoms with Crippen LogP contribution in [0.15, 0.2) is 0 Å². The fourth-order valence-corrected chi connectivity index (χ4v) is 3.76. The highest BCUT2D eigenvalue weighted by Gasteiger charge is 2.42. The molecule has 1 saturated heterocycles. The van der Waals surface area contributed by atoms with E-state index in [2.05, 4.69) is 0 Å². The Hall–Kier alpha value is -0.700. The molecule has 2 aliphatic rings. The molecule has 1 N–H and O–H groups in total. The van der Waals surface area contributed by atoms with Gasteiger partial charge in [0.25, 0.3) is 10.2 Å². The van der Waals surface area contributed by atoms with Crippen molar-refractivity contribution in [1.82, 2.24) is 8.61 Å². The summed E-state index contributed by atoms with van der Waals surface area (Å²) in [4.78, 5) is 10.7.